The molecule has 1 aromatic heterocycles. The van der Waals surface area contributed by atoms with Crippen molar-refractivity contribution in [1.82, 2.24) is 14.9 Å². The van der Waals surface area contributed by atoms with E-state index in [1.54, 1.807) is 26.4 Å². The van der Waals surface area contributed by atoms with E-state index < -0.39 is 5.69 Å². The number of rotatable bonds is 7. The van der Waals surface area contributed by atoms with Crippen LogP contribution in [0.4, 0.5) is 0 Å². The number of aromatic nitrogens is 2. The second-order valence-electron chi connectivity index (χ2n) is 7.17. The van der Waals surface area contributed by atoms with Gasteiger partial charge in [-0.2, -0.15) is 4.98 Å². The highest BCUT2D eigenvalue weighted by Crippen LogP contribution is 2.26. The summed E-state index contributed by atoms with van der Waals surface area (Å²) in [6.07, 6.45) is 0. The van der Waals surface area contributed by atoms with Gasteiger partial charge in [-0.05, 0) is 18.2 Å². The van der Waals surface area contributed by atoms with Gasteiger partial charge < -0.3 is 14.8 Å². The van der Waals surface area contributed by atoms with E-state index >= 15 is 0 Å². The van der Waals surface area contributed by atoms with Gasteiger partial charge >= 0.3 is 5.69 Å². The molecule has 3 aromatic carbocycles. The molecule has 0 radical (unpaired) electrons. The molecule has 1 N–H and O–H groups in total. The number of hydrogen-bond donors (Lipinski definition) is 1. The van der Waals surface area contributed by atoms with Crippen molar-refractivity contribution >= 4 is 16.8 Å². The zero-order valence-corrected chi connectivity index (χ0v) is 17.9. The highest BCUT2D eigenvalue weighted by molar-refractivity contribution is 5.93. The molecule has 0 bridgehead atoms. The average Bonchev–Trinajstić information content (AvgIpc) is 2.84. The Balaban J connectivity index is 1.59. The Morgan fingerprint density at radius 3 is 2.47 bits per heavy atom. The highest BCUT2D eigenvalue weighted by Gasteiger charge is 2.14. The van der Waals surface area contributed by atoms with E-state index in [-0.39, 0.29) is 19.0 Å². The number of nitrogens with zero attached hydrogens (tertiary/aromatic N) is 2. The first-order valence-electron chi connectivity index (χ1n) is 10.1. The summed E-state index contributed by atoms with van der Waals surface area (Å²) >= 11 is 0. The third-order valence-corrected chi connectivity index (χ3v) is 5.21. The van der Waals surface area contributed by atoms with Gasteiger partial charge in [0.15, 0.2) is 0 Å². The van der Waals surface area contributed by atoms with E-state index in [0.29, 0.717) is 22.7 Å². The minimum Gasteiger partial charge on any atom is -0.497 e. The number of para-hydroxylation sites is 1. The summed E-state index contributed by atoms with van der Waals surface area (Å²) in [5.41, 5.74) is 2.44. The van der Waals surface area contributed by atoms with Crippen molar-refractivity contribution in [3.05, 3.63) is 88.8 Å². The molecule has 162 valence electrons. The number of carbonyl (C=O) groups excluding carboxylic acids is 1. The number of nitrogens with one attached hydrogen (secondary N) is 1. The summed E-state index contributed by atoms with van der Waals surface area (Å²) in [5, 5.41) is 3.66. The predicted octanol–water partition coefficient (Wildman–Crippen LogP) is 3.40. The van der Waals surface area contributed by atoms with Crippen LogP contribution in [0, 0.1) is 0 Å². The number of benzene rings is 3. The van der Waals surface area contributed by atoms with Crippen LogP contribution >= 0.6 is 0 Å². The van der Waals surface area contributed by atoms with Crippen LogP contribution < -0.4 is 20.5 Å². The Kier molecular flexibility index (Phi) is 6.17. The first-order chi connectivity index (χ1) is 15.6. The maximum Gasteiger partial charge on any atom is 0.349 e. The molecule has 0 aliphatic rings. The zero-order valence-electron chi connectivity index (χ0n) is 17.9. The Morgan fingerprint density at radius 2 is 1.72 bits per heavy atom. The Bertz CT molecular complexity index is 1320. The smallest absolute Gasteiger partial charge is 0.349 e. The fourth-order valence-electron chi connectivity index (χ4n) is 3.59. The van der Waals surface area contributed by atoms with Gasteiger partial charge in [-0.3, -0.25) is 9.36 Å². The molecule has 0 spiro atoms. The Morgan fingerprint density at radius 1 is 0.969 bits per heavy atom. The minimum atomic E-state index is -0.472. The SMILES string of the molecule is COc1ccc(CNC(=O)Cn2c(=O)nc(-c3ccccc3)c3ccccc32)c(OC)c1. The summed E-state index contributed by atoms with van der Waals surface area (Å²) < 4.78 is 12.0. The maximum atomic E-state index is 12.8. The molecule has 4 rings (SSSR count). The monoisotopic (exact) mass is 429 g/mol. The van der Waals surface area contributed by atoms with Gasteiger partial charge in [-0.15, -0.1) is 0 Å². The Hall–Kier alpha value is -4.13. The molecule has 0 saturated heterocycles. The topological polar surface area (TPSA) is 82.5 Å². The van der Waals surface area contributed by atoms with Crippen molar-refractivity contribution in [3.63, 3.8) is 0 Å². The van der Waals surface area contributed by atoms with Crippen LogP contribution in [0.2, 0.25) is 0 Å². The predicted molar refractivity (Wildman–Crippen MR) is 123 cm³/mol. The summed E-state index contributed by atoms with van der Waals surface area (Å²) in [4.78, 5) is 29.8. The second kappa shape index (κ2) is 9.34. The third-order valence-electron chi connectivity index (χ3n) is 5.21. The Labute approximate surface area is 185 Å². The summed E-state index contributed by atoms with van der Waals surface area (Å²) in [7, 11) is 3.14. The van der Waals surface area contributed by atoms with Crippen molar-refractivity contribution in [2.24, 2.45) is 0 Å². The molecule has 0 atom stereocenters. The quantitative estimate of drug-likeness (QED) is 0.487. The van der Waals surface area contributed by atoms with E-state index in [0.717, 1.165) is 16.5 Å². The highest BCUT2D eigenvalue weighted by atomic mass is 16.5. The van der Waals surface area contributed by atoms with Gasteiger partial charge in [0.05, 0.1) is 25.4 Å². The van der Waals surface area contributed by atoms with Crippen molar-refractivity contribution in [2.45, 2.75) is 13.1 Å². The molecule has 32 heavy (non-hydrogen) atoms. The molecule has 7 heteroatoms. The van der Waals surface area contributed by atoms with Crippen LogP contribution in [-0.2, 0) is 17.9 Å². The molecule has 0 fully saturated rings. The number of carbonyl (C=O) groups is 1. The normalized spacial score (nSPS) is 10.7. The summed E-state index contributed by atoms with van der Waals surface area (Å²) in [6.45, 7) is 0.119. The third kappa shape index (κ3) is 4.32. The van der Waals surface area contributed by atoms with Crippen molar-refractivity contribution in [2.75, 3.05) is 14.2 Å². The molecule has 7 nitrogen and oxygen atoms in total. The van der Waals surface area contributed by atoms with E-state index in [9.17, 15) is 9.59 Å². The molecule has 1 heterocycles. The molecule has 0 aliphatic heterocycles. The summed E-state index contributed by atoms with van der Waals surface area (Å²) in [5.74, 6) is 0.977. The largest absolute Gasteiger partial charge is 0.497 e. The molecule has 0 saturated carbocycles. The standard InChI is InChI=1S/C25H23N3O4/c1-31-19-13-12-18(22(14-19)32-2)15-26-23(29)16-28-21-11-7-6-10-20(21)24(27-25(28)30)17-8-4-3-5-9-17/h3-14H,15-16H2,1-2H3,(H,26,29). The lowest BCUT2D eigenvalue weighted by atomic mass is 10.1. The van der Waals surface area contributed by atoms with E-state index in [4.69, 9.17) is 9.47 Å². The molecule has 0 unspecified atom stereocenters. The van der Waals surface area contributed by atoms with Crippen LogP contribution in [0.5, 0.6) is 11.5 Å². The number of amides is 1. The van der Waals surface area contributed by atoms with E-state index in [2.05, 4.69) is 10.3 Å². The van der Waals surface area contributed by atoms with E-state index in [1.807, 2.05) is 60.7 Å². The zero-order chi connectivity index (χ0) is 22.5. The molecular weight excluding hydrogens is 406 g/mol. The number of ether oxygens (including phenoxy) is 2. The first-order valence-corrected chi connectivity index (χ1v) is 10.1. The van der Waals surface area contributed by atoms with Gasteiger partial charge in [-0.1, -0.05) is 48.5 Å². The van der Waals surface area contributed by atoms with Gasteiger partial charge in [-0.25, -0.2) is 4.79 Å². The van der Waals surface area contributed by atoms with Crippen LogP contribution in [0.1, 0.15) is 5.56 Å². The number of hydrogen-bond acceptors (Lipinski definition) is 5. The van der Waals surface area contributed by atoms with Crippen molar-refractivity contribution < 1.29 is 14.3 Å². The van der Waals surface area contributed by atoms with Crippen LogP contribution in [-0.4, -0.2) is 29.7 Å². The molecular formula is C25H23N3O4. The molecule has 0 aliphatic carbocycles. The van der Waals surface area contributed by atoms with Gasteiger partial charge in [0.25, 0.3) is 0 Å². The fraction of sp³-hybridized carbons (Fsp3) is 0.160. The first kappa shape index (κ1) is 21.1. The van der Waals surface area contributed by atoms with Crippen LogP contribution in [0.15, 0.2) is 77.6 Å². The lowest BCUT2D eigenvalue weighted by Gasteiger charge is -2.14. The van der Waals surface area contributed by atoms with Gasteiger partial charge in [0.2, 0.25) is 5.91 Å². The van der Waals surface area contributed by atoms with Gasteiger partial charge in [0, 0.05) is 29.1 Å². The number of fused-ring (bicyclic) bond motifs is 1. The van der Waals surface area contributed by atoms with Crippen LogP contribution in [0.3, 0.4) is 0 Å². The lowest BCUT2D eigenvalue weighted by Crippen LogP contribution is -2.33. The van der Waals surface area contributed by atoms with Crippen LogP contribution in [0.25, 0.3) is 22.2 Å². The molecule has 1 amide bonds. The minimum absolute atomic E-state index is 0.139. The fourth-order valence-corrected chi connectivity index (χ4v) is 3.59. The molecule has 4 aromatic rings. The summed E-state index contributed by atoms with van der Waals surface area (Å²) in [6, 6.07) is 22.4. The number of methoxy groups -OCH3 is 2. The maximum absolute atomic E-state index is 12.8. The lowest BCUT2D eigenvalue weighted by molar-refractivity contribution is -0.121. The average molecular weight is 429 g/mol. The van der Waals surface area contributed by atoms with Crippen molar-refractivity contribution in [1.29, 1.82) is 0 Å². The second-order valence-corrected chi connectivity index (χ2v) is 7.17. The van der Waals surface area contributed by atoms with Crippen molar-refractivity contribution in [3.8, 4) is 22.8 Å². The van der Waals surface area contributed by atoms with E-state index in [1.165, 1.54) is 4.57 Å². The van der Waals surface area contributed by atoms with Gasteiger partial charge in [0.1, 0.15) is 18.0 Å².